The summed E-state index contributed by atoms with van der Waals surface area (Å²) in [5.74, 6) is 0. The fourth-order valence-electron chi connectivity index (χ4n) is 2.11. The second-order valence-electron chi connectivity index (χ2n) is 4.67. The molecule has 0 spiro atoms. The zero-order valence-corrected chi connectivity index (χ0v) is 12.0. The third-order valence-corrected chi connectivity index (χ3v) is 4.94. The fourth-order valence-corrected chi connectivity index (χ4v) is 3.36. The number of methoxy groups -OCH3 is 1. The quantitative estimate of drug-likeness (QED) is 0.814. The monoisotopic (exact) mass is 285 g/mol. The van der Waals surface area contributed by atoms with E-state index in [9.17, 15) is 8.42 Å². The Bertz CT molecular complexity index is 535. The van der Waals surface area contributed by atoms with Gasteiger partial charge in [0, 0.05) is 26.9 Å². The molecule has 0 bridgehead atoms. The number of nitrogens with zero attached hydrogens (tertiary/aromatic N) is 1. The Balaban J connectivity index is 2.14. The van der Waals surface area contributed by atoms with Gasteiger partial charge in [-0.3, -0.25) is 0 Å². The van der Waals surface area contributed by atoms with E-state index in [0.717, 1.165) is 19.3 Å². The van der Waals surface area contributed by atoms with Crippen LogP contribution in [0.1, 0.15) is 19.3 Å². The summed E-state index contributed by atoms with van der Waals surface area (Å²) in [6.45, 7) is 0.283. The highest BCUT2D eigenvalue weighted by atomic mass is 32.2. The highest BCUT2D eigenvalue weighted by molar-refractivity contribution is 7.89. The van der Waals surface area contributed by atoms with Crippen LogP contribution in [0.4, 0.5) is 5.69 Å². The Labute approximate surface area is 113 Å². The first-order valence-electron chi connectivity index (χ1n) is 6.21. The van der Waals surface area contributed by atoms with Gasteiger partial charge in [0.1, 0.15) is 0 Å². The van der Waals surface area contributed by atoms with Crippen molar-refractivity contribution in [3.05, 3.63) is 18.3 Å². The molecule has 0 unspecified atom stereocenters. The summed E-state index contributed by atoms with van der Waals surface area (Å²) in [5, 5.41) is 2.84. The molecule has 0 radical (unpaired) electrons. The molecule has 1 fully saturated rings. The minimum atomic E-state index is -3.63. The van der Waals surface area contributed by atoms with Gasteiger partial charge < -0.3 is 10.1 Å². The van der Waals surface area contributed by atoms with Crippen LogP contribution < -0.4 is 10.0 Å². The zero-order valence-electron chi connectivity index (χ0n) is 11.1. The van der Waals surface area contributed by atoms with Crippen LogP contribution in [0.2, 0.25) is 0 Å². The molecule has 1 saturated carbocycles. The van der Waals surface area contributed by atoms with Crippen LogP contribution in [0.5, 0.6) is 0 Å². The number of anilines is 1. The number of nitrogens with one attached hydrogen (secondary N) is 2. The van der Waals surface area contributed by atoms with E-state index in [1.165, 1.54) is 6.20 Å². The van der Waals surface area contributed by atoms with Gasteiger partial charge in [-0.15, -0.1) is 0 Å². The van der Waals surface area contributed by atoms with Crippen LogP contribution >= 0.6 is 0 Å². The van der Waals surface area contributed by atoms with Crippen molar-refractivity contribution in [1.82, 2.24) is 9.71 Å². The Hall–Kier alpha value is -1.18. The highest BCUT2D eigenvalue weighted by Crippen LogP contribution is 2.34. The molecule has 1 aromatic heterocycles. The SMILES string of the molecule is CNc1cccnc1S(=O)(=O)NCC1(OC)CCC1. The summed E-state index contributed by atoms with van der Waals surface area (Å²) in [6, 6.07) is 3.37. The lowest BCUT2D eigenvalue weighted by molar-refractivity contribution is -0.0659. The summed E-state index contributed by atoms with van der Waals surface area (Å²) < 4.78 is 32.5. The number of hydrogen-bond acceptors (Lipinski definition) is 5. The van der Waals surface area contributed by atoms with Gasteiger partial charge in [-0.05, 0) is 31.4 Å². The molecule has 0 aliphatic heterocycles. The Kier molecular flexibility index (Phi) is 4.07. The van der Waals surface area contributed by atoms with Crippen LogP contribution in [0, 0.1) is 0 Å². The van der Waals surface area contributed by atoms with E-state index in [0.29, 0.717) is 5.69 Å². The number of rotatable bonds is 6. The summed E-state index contributed by atoms with van der Waals surface area (Å²) in [5.41, 5.74) is 0.136. The topological polar surface area (TPSA) is 80.3 Å². The van der Waals surface area contributed by atoms with Crippen molar-refractivity contribution in [2.75, 3.05) is 26.0 Å². The summed E-state index contributed by atoms with van der Waals surface area (Å²) in [6.07, 6.45) is 4.30. The lowest BCUT2D eigenvalue weighted by Gasteiger charge is -2.40. The van der Waals surface area contributed by atoms with Crippen molar-refractivity contribution in [2.45, 2.75) is 29.9 Å². The lowest BCUT2D eigenvalue weighted by atomic mass is 9.80. The molecule has 7 heteroatoms. The van der Waals surface area contributed by atoms with Crippen LogP contribution in [0.15, 0.2) is 23.4 Å². The second-order valence-corrected chi connectivity index (χ2v) is 6.35. The normalized spacial score (nSPS) is 17.8. The molecule has 106 valence electrons. The Morgan fingerprint density at radius 2 is 2.21 bits per heavy atom. The maximum atomic E-state index is 12.2. The Morgan fingerprint density at radius 3 is 2.74 bits per heavy atom. The summed E-state index contributed by atoms with van der Waals surface area (Å²) in [7, 11) is -0.343. The largest absolute Gasteiger partial charge is 0.386 e. The molecule has 0 saturated heterocycles. The van der Waals surface area contributed by atoms with Gasteiger partial charge in [0.2, 0.25) is 0 Å². The minimum absolute atomic E-state index is 0.0167. The molecular weight excluding hydrogens is 266 g/mol. The fraction of sp³-hybridized carbons (Fsp3) is 0.583. The van der Waals surface area contributed by atoms with E-state index < -0.39 is 10.0 Å². The van der Waals surface area contributed by atoms with Crippen molar-refractivity contribution in [3.63, 3.8) is 0 Å². The summed E-state index contributed by atoms with van der Waals surface area (Å²) >= 11 is 0. The van der Waals surface area contributed by atoms with E-state index in [4.69, 9.17) is 4.74 Å². The molecular formula is C12H19N3O3S. The molecule has 2 rings (SSSR count). The van der Waals surface area contributed by atoms with Crippen LogP contribution in [0.25, 0.3) is 0 Å². The third-order valence-electron chi connectivity index (χ3n) is 3.58. The van der Waals surface area contributed by atoms with E-state index in [-0.39, 0.29) is 17.2 Å². The molecule has 0 aromatic carbocycles. The van der Waals surface area contributed by atoms with Crippen molar-refractivity contribution >= 4 is 15.7 Å². The minimum Gasteiger partial charge on any atom is -0.386 e. The van der Waals surface area contributed by atoms with Gasteiger partial charge in [0.25, 0.3) is 10.0 Å². The molecule has 1 aliphatic carbocycles. The molecule has 0 amide bonds. The van der Waals surface area contributed by atoms with Crippen molar-refractivity contribution in [1.29, 1.82) is 0 Å². The number of hydrogen-bond donors (Lipinski definition) is 2. The molecule has 0 atom stereocenters. The van der Waals surface area contributed by atoms with Gasteiger partial charge >= 0.3 is 0 Å². The van der Waals surface area contributed by atoms with E-state index in [2.05, 4.69) is 15.0 Å². The molecule has 1 aliphatic rings. The first-order valence-corrected chi connectivity index (χ1v) is 7.69. The molecule has 1 heterocycles. The third kappa shape index (κ3) is 2.88. The highest BCUT2D eigenvalue weighted by Gasteiger charge is 2.38. The average Bonchev–Trinajstić information content (AvgIpc) is 2.38. The van der Waals surface area contributed by atoms with E-state index >= 15 is 0 Å². The number of sulfonamides is 1. The number of pyridine rings is 1. The van der Waals surface area contributed by atoms with Crippen LogP contribution in [0.3, 0.4) is 0 Å². The van der Waals surface area contributed by atoms with Gasteiger partial charge in [0.05, 0.1) is 11.3 Å². The summed E-state index contributed by atoms with van der Waals surface area (Å²) in [4.78, 5) is 3.94. The van der Waals surface area contributed by atoms with Gasteiger partial charge in [0.15, 0.2) is 5.03 Å². The molecule has 19 heavy (non-hydrogen) atoms. The van der Waals surface area contributed by atoms with Crippen LogP contribution in [-0.4, -0.2) is 39.7 Å². The second kappa shape index (κ2) is 5.44. The molecule has 1 aromatic rings. The predicted molar refractivity (Wildman–Crippen MR) is 72.6 cm³/mol. The van der Waals surface area contributed by atoms with E-state index in [1.54, 1.807) is 26.3 Å². The predicted octanol–water partition coefficient (Wildman–Crippen LogP) is 0.971. The maximum absolute atomic E-state index is 12.2. The van der Waals surface area contributed by atoms with Crippen molar-refractivity contribution < 1.29 is 13.2 Å². The standard InChI is InChI=1S/C12H19N3O3S/c1-13-10-5-3-8-14-11(10)19(16,17)15-9-12(18-2)6-4-7-12/h3,5,8,13,15H,4,6-7,9H2,1-2H3. The van der Waals surface area contributed by atoms with Gasteiger partial charge in [-0.2, -0.15) is 0 Å². The first-order chi connectivity index (χ1) is 9.03. The van der Waals surface area contributed by atoms with Gasteiger partial charge in [-0.25, -0.2) is 18.1 Å². The van der Waals surface area contributed by atoms with Crippen molar-refractivity contribution in [3.8, 4) is 0 Å². The smallest absolute Gasteiger partial charge is 0.260 e. The molecule has 2 N–H and O–H groups in total. The number of ether oxygens (including phenoxy) is 1. The van der Waals surface area contributed by atoms with Crippen molar-refractivity contribution in [2.24, 2.45) is 0 Å². The average molecular weight is 285 g/mol. The number of aromatic nitrogens is 1. The first kappa shape index (κ1) is 14.2. The maximum Gasteiger partial charge on any atom is 0.260 e. The Morgan fingerprint density at radius 1 is 1.47 bits per heavy atom. The van der Waals surface area contributed by atoms with Gasteiger partial charge in [-0.1, -0.05) is 0 Å². The van der Waals surface area contributed by atoms with E-state index in [1.807, 2.05) is 0 Å². The van der Waals surface area contributed by atoms with Crippen LogP contribution in [-0.2, 0) is 14.8 Å². The zero-order chi connectivity index (χ0) is 13.9. The lowest BCUT2D eigenvalue weighted by Crippen LogP contribution is -2.49. The molecule has 6 nitrogen and oxygen atoms in total.